The van der Waals surface area contributed by atoms with Gasteiger partial charge >= 0.3 is 5.97 Å². The van der Waals surface area contributed by atoms with Crippen molar-refractivity contribution in [3.63, 3.8) is 0 Å². The lowest BCUT2D eigenvalue weighted by Crippen LogP contribution is -2.47. The Morgan fingerprint density at radius 3 is 2.61 bits per heavy atom. The van der Waals surface area contributed by atoms with E-state index in [0.717, 1.165) is 0 Å². The fraction of sp³-hybridized carbons (Fsp3) is 0.400. The van der Waals surface area contributed by atoms with Gasteiger partial charge in [-0.05, 0) is 17.7 Å². The first kappa shape index (κ1) is 17.3. The molecule has 1 saturated heterocycles. The molecule has 2 N–H and O–H groups in total. The summed E-state index contributed by atoms with van der Waals surface area (Å²) in [5, 5.41) is 11.7. The predicted molar refractivity (Wildman–Crippen MR) is 83.2 cm³/mol. The highest BCUT2D eigenvalue weighted by Gasteiger charge is 2.34. The Kier molecular flexibility index (Phi) is 5.59. The van der Waals surface area contributed by atoms with Gasteiger partial charge in [-0.1, -0.05) is 12.1 Å². The van der Waals surface area contributed by atoms with Crippen LogP contribution in [0.4, 0.5) is 4.39 Å². The van der Waals surface area contributed by atoms with Gasteiger partial charge in [0.1, 0.15) is 11.9 Å². The van der Waals surface area contributed by atoms with Crippen LogP contribution in [0.5, 0.6) is 0 Å². The molecule has 0 spiro atoms. The topological polar surface area (TPSA) is 86.7 Å². The van der Waals surface area contributed by atoms with Crippen LogP contribution in [0.2, 0.25) is 0 Å². The normalized spacial score (nSPS) is 18.5. The van der Waals surface area contributed by atoms with Gasteiger partial charge in [-0.3, -0.25) is 14.4 Å². The van der Waals surface area contributed by atoms with Gasteiger partial charge in [0.05, 0.1) is 18.3 Å². The van der Waals surface area contributed by atoms with Crippen LogP contribution in [-0.2, 0) is 14.4 Å². The van der Waals surface area contributed by atoms with Crippen molar-refractivity contribution in [1.29, 1.82) is 0 Å². The van der Waals surface area contributed by atoms with Crippen molar-refractivity contribution >= 4 is 29.5 Å². The number of carboxylic acids is 1. The minimum Gasteiger partial charge on any atom is -0.481 e. The summed E-state index contributed by atoms with van der Waals surface area (Å²) in [6.45, 7) is 1.39. The molecule has 1 aromatic rings. The molecule has 23 heavy (non-hydrogen) atoms. The van der Waals surface area contributed by atoms with Gasteiger partial charge in [-0.2, -0.15) is 0 Å². The highest BCUT2D eigenvalue weighted by molar-refractivity contribution is 7.99. The first-order valence-corrected chi connectivity index (χ1v) is 8.16. The van der Waals surface area contributed by atoms with Crippen LogP contribution in [0.15, 0.2) is 24.3 Å². The molecule has 0 saturated carbocycles. The highest BCUT2D eigenvalue weighted by atomic mass is 32.2. The van der Waals surface area contributed by atoms with Crippen molar-refractivity contribution in [2.75, 3.05) is 11.6 Å². The zero-order valence-electron chi connectivity index (χ0n) is 12.5. The van der Waals surface area contributed by atoms with Crippen molar-refractivity contribution in [3.8, 4) is 0 Å². The molecular weight excluding hydrogens is 323 g/mol. The van der Waals surface area contributed by atoms with Crippen LogP contribution in [0, 0.1) is 5.82 Å². The molecule has 1 aliphatic heterocycles. The number of hydrogen-bond acceptors (Lipinski definition) is 4. The molecule has 0 aliphatic carbocycles. The fourth-order valence-electron chi connectivity index (χ4n) is 2.36. The summed E-state index contributed by atoms with van der Waals surface area (Å²) in [7, 11) is 0. The third kappa shape index (κ3) is 4.44. The molecule has 2 rings (SSSR count). The van der Waals surface area contributed by atoms with E-state index in [2.05, 4.69) is 5.32 Å². The van der Waals surface area contributed by atoms with E-state index in [1.807, 2.05) is 0 Å². The van der Waals surface area contributed by atoms with Gasteiger partial charge < -0.3 is 15.3 Å². The minimum atomic E-state index is -1.08. The van der Waals surface area contributed by atoms with E-state index < -0.39 is 29.8 Å². The molecule has 0 unspecified atom stereocenters. The summed E-state index contributed by atoms with van der Waals surface area (Å²) >= 11 is 1.46. The third-order valence-electron chi connectivity index (χ3n) is 3.56. The van der Waals surface area contributed by atoms with Crippen LogP contribution in [0.25, 0.3) is 0 Å². The molecule has 6 nitrogen and oxygen atoms in total. The van der Waals surface area contributed by atoms with E-state index in [1.165, 1.54) is 47.9 Å². The summed E-state index contributed by atoms with van der Waals surface area (Å²) < 4.78 is 13.0. The monoisotopic (exact) mass is 340 g/mol. The fourth-order valence-corrected chi connectivity index (χ4v) is 3.58. The van der Waals surface area contributed by atoms with Gasteiger partial charge in [0.15, 0.2) is 0 Å². The maximum absolute atomic E-state index is 13.0. The number of carbonyl (C=O) groups is 3. The van der Waals surface area contributed by atoms with Crippen LogP contribution in [0.1, 0.15) is 24.9 Å². The third-order valence-corrected chi connectivity index (χ3v) is 4.57. The number of hydrogen-bond donors (Lipinski definition) is 2. The Bertz CT molecular complexity index is 608. The van der Waals surface area contributed by atoms with Crippen molar-refractivity contribution in [1.82, 2.24) is 10.2 Å². The van der Waals surface area contributed by atoms with Gasteiger partial charge in [-0.15, -0.1) is 11.8 Å². The maximum atomic E-state index is 13.0. The lowest BCUT2D eigenvalue weighted by atomic mass is 10.0. The zero-order chi connectivity index (χ0) is 17.0. The number of nitrogens with zero attached hydrogens (tertiary/aromatic N) is 1. The van der Waals surface area contributed by atoms with Gasteiger partial charge in [-0.25, -0.2) is 4.39 Å². The molecule has 1 fully saturated rings. The summed E-state index contributed by atoms with van der Waals surface area (Å²) in [5.74, 6) is -1.22. The number of nitrogens with one attached hydrogen (secondary N) is 1. The lowest BCUT2D eigenvalue weighted by Gasteiger charge is -2.24. The van der Waals surface area contributed by atoms with E-state index in [9.17, 15) is 18.8 Å². The molecule has 2 amide bonds. The number of aliphatic carboxylic acids is 1. The Labute approximate surface area is 137 Å². The second kappa shape index (κ2) is 7.45. The highest BCUT2D eigenvalue weighted by Crippen LogP contribution is 2.23. The first-order chi connectivity index (χ1) is 10.9. The molecule has 1 heterocycles. The van der Waals surface area contributed by atoms with E-state index in [1.54, 1.807) is 0 Å². The van der Waals surface area contributed by atoms with Gasteiger partial charge in [0.25, 0.3) is 0 Å². The number of carboxylic acid groups (broad SMARTS) is 1. The Morgan fingerprint density at radius 2 is 2.04 bits per heavy atom. The molecule has 1 aliphatic rings. The molecule has 1 aromatic carbocycles. The van der Waals surface area contributed by atoms with Gasteiger partial charge in [0, 0.05) is 12.7 Å². The summed E-state index contributed by atoms with van der Waals surface area (Å²) in [4.78, 5) is 36.4. The molecule has 0 radical (unpaired) electrons. The first-order valence-electron chi connectivity index (χ1n) is 7.01. The van der Waals surface area contributed by atoms with Crippen LogP contribution in [-0.4, -0.2) is 45.5 Å². The summed E-state index contributed by atoms with van der Waals surface area (Å²) in [6, 6.07) is 3.91. The largest absolute Gasteiger partial charge is 0.481 e. The van der Waals surface area contributed by atoms with Crippen molar-refractivity contribution in [2.45, 2.75) is 25.4 Å². The van der Waals surface area contributed by atoms with Crippen molar-refractivity contribution in [2.24, 2.45) is 0 Å². The predicted octanol–water partition coefficient (Wildman–Crippen LogP) is 1.38. The van der Waals surface area contributed by atoms with Crippen LogP contribution in [0.3, 0.4) is 0 Å². The number of thioether (sulfide) groups is 1. The molecule has 124 valence electrons. The maximum Gasteiger partial charge on any atom is 0.305 e. The average Bonchev–Trinajstić information content (AvgIpc) is 2.96. The number of amides is 2. The minimum absolute atomic E-state index is 0.202. The van der Waals surface area contributed by atoms with Crippen molar-refractivity contribution in [3.05, 3.63) is 35.6 Å². The second-order valence-corrected chi connectivity index (χ2v) is 6.21. The second-order valence-electron chi connectivity index (χ2n) is 5.22. The standard InChI is InChI=1S/C15H17FN2O4S/c1-9(19)18-8-23-7-13(18)15(22)17-12(6-14(20)21)10-2-4-11(16)5-3-10/h2-5,12-13H,6-8H2,1H3,(H,17,22)(H,20,21)/t12-,13-/m0/s1. The molecule has 0 bridgehead atoms. The molecule has 8 heteroatoms. The lowest BCUT2D eigenvalue weighted by molar-refractivity contribution is -0.139. The molecular formula is C15H17FN2O4S. The number of rotatable bonds is 5. The number of benzene rings is 1. The average molecular weight is 340 g/mol. The molecule has 2 atom stereocenters. The Morgan fingerprint density at radius 1 is 1.39 bits per heavy atom. The number of halogens is 1. The van der Waals surface area contributed by atoms with Crippen LogP contribution < -0.4 is 5.32 Å². The van der Waals surface area contributed by atoms with Gasteiger partial charge in [0.2, 0.25) is 11.8 Å². The quantitative estimate of drug-likeness (QED) is 0.846. The Hall–Kier alpha value is -2.09. The van der Waals surface area contributed by atoms with E-state index in [-0.39, 0.29) is 12.3 Å². The van der Waals surface area contributed by atoms with E-state index >= 15 is 0 Å². The van der Waals surface area contributed by atoms with Crippen LogP contribution >= 0.6 is 11.8 Å². The Balaban J connectivity index is 2.14. The van der Waals surface area contributed by atoms with Crippen molar-refractivity contribution < 1.29 is 23.9 Å². The summed E-state index contributed by atoms with van der Waals surface area (Å²) in [6.07, 6.45) is -0.322. The molecule has 0 aromatic heterocycles. The summed E-state index contributed by atoms with van der Waals surface area (Å²) in [5.41, 5.74) is 0.502. The zero-order valence-corrected chi connectivity index (χ0v) is 13.3. The smallest absolute Gasteiger partial charge is 0.305 e. The van der Waals surface area contributed by atoms with E-state index in [4.69, 9.17) is 5.11 Å². The van der Waals surface area contributed by atoms with E-state index in [0.29, 0.717) is 17.2 Å². The SMILES string of the molecule is CC(=O)N1CSC[C@H]1C(=O)N[C@@H](CC(=O)O)c1ccc(F)cc1. The number of carbonyl (C=O) groups excluding carboxylic acids is 2.